The van der Waals surface area contributed by atoms with Crippen LogP contribution in [0, 0.1) is 5.82 Å². The van der Waals surface area contributed by atoms with Gasteiger partial charge in [-0.25, -0.2) is 9.37 Å². The summed E-state index contributed by atoms with van der Waals surface area (Å²) in [5.74, 6) is 0.0853. The number of halogens is 1. The van der Waals surface area contributed by atoms with Gasteiger partial charge in [-0.2, -0.15) is 0 Å². The number of nitrogens with zero attached hydrogens (tertiary/aromatic N) is 3. The van der Waals surface area contributed by atoms with Crippen LogP contribution in [0.15, 0.2) is 36.7 Å². The molecule has 0 bridgehead atoms. The number of nitrogens with one attached hydrogen (secondary N) is 1. The van der Waals surface area contributed by atoms with Crippen molar-refractivity contribution >= 4 is 5.91 Å². The van der Waals surface area contributed by atoms with Gasteiger partial charge in [-0.1, -0.05) is 12.1 Å². The summed E-state index contributed by atoms with van der Waals surface area (Å²) < 4.78 is 19.6. The van der Waals surface area contributed by atoms with Gasteiger partial charge in [0, 0.05) is 31.9 Å². The molecule has 7 heteroatoms. The fourth-order valence-corrected chi connectivity index (χ4v) is 3.03. The molecule has 1 saturated heterocycles. The zero-order valence-electron chi connectivity index (χ0n) is 14.1. The Balaban J connectivity index is 1.78. The molecule has 1 fully saturated rings. The van der Waals surface area contributed by atoms with E-state index in [4.69, 9.17) is 4.74 Å². The summed E-state index contributed by atoms with van der Waals surface area (Å²) in [5, 5.41) is 2.64. The van der Waals surface area contributed by atoms with E-state index in [1.165, 1.54) is 12.3 Å². The molecule has 0 radical (unpaired) electrons. The van der Waals surface area contributed by atoms with Crippen molar-refractivity contribution in [3.63, 3.8) is 0 Å². The molecule has 2 aromatic rings. The van der Waals surface area contributed by atoms with E-state index in [2.05, 4.69) is 20.2 Å². The number of piperidine rings is 1. The Kier molecular flexibility index (Phi) is 5.55. The van der Waals surface area contributed by atoms with Gasteiger partial charge in [0.15, 0.2) is 11.6 Å². The molecule has 0 unspecified atom stereocenters. The van der Waals surface area contributed by atoms with Crippen molar-refractivity contribution in [3.8, 4) is 11.6 Å². The third kappa shape index (κ3) is 4.30. The average molecular weight is 344 g/mol. The fourth-order valence-electron chi connectivity index (χ4n) is 3.03. The molecule has 6 nitrogen and oxygen atoms in total. The number of carbonyl (C=O) groups is 1. The molecular weight excluding hydrogens is 323 g/mol. The van der Waals surface area contributed by atoms with Crippen molar-refractivity contribution in [2.24, 2.45) is 0 Å². The zero-order valence-corrected chi connectivity index (χ0v) is 14.1. The van der Waals surface area contributed by atoms with E-state index in [9.17, 15) is 9.18 Å². The molecule has 1 atom stereocenters. The first kappa shape index (κ1) is 17.3. The molecule has 0 saturated carbocycles. The van der Waals surface area contributed by atoms with Crippen LogP contribution < -0.4 is 10.1 Å². The predicted molar refractivity (Wildman–Crippen MR) is 91.0 cm³/mol. The standard InChI is InChI=1S/C18H21FN4O2/c1-20-16(24)12-23-10-4-5-13(11-23)17-18(22-9-8-21-17)25-15-7-3-2-6-14(15)19/h2-3,6-9,13H,4-5,10-12H2,1H3,(H,20,24)/t13-/m0/s1. The topological polar surface area (TPSA) is 67.4 Å². The lowest BCUT2D eigenvalue weighted by Crippen LogP contribution is -2.41. The van der Waals surface area contributed by atoms with Gasteiger partial charge in [0.05, 0.1) is 6.54 Å². The summed E-state index contributed by atoms with van der Waals surface area (Å²) in [6.07, 6.45) is 5.03. The van der Waals surface area contributed by atoms with E-state index in [-0.39, 0.29) is 17.6 Å². The van der Waals surface area contributed by atoms with Gasteiger partial charge in [0.2, 0.25) is 11.8 Å². The van der Waals surface area contributed by atoms with Crippen LogP contribution in [-0.4, -0.2) is 47.5 Å². The van der Waals surface area contributed by atoms with Crippen LogP contribution in [0.3, 0.4) is 0 Å². The number of benzene rings is 1. The van der Waals surface area contributed by atoms with E-state index >= 15 is 0 Å². The fraction of sp³-hybridized carbons (Fsp3) is 0.389. The van der Waals surface area contributed by atoms with Crippen molar-refractivity contribution in [3.05, 3.63) is 48.2 Å². The Morgan fingerprint density at radius 2 is 2.16 bits per heavy atom. The molecule has 2 heterocycles. The van der Waals surface area contributed by atoms with Crippen molar-refractivity contribution in [2.45, 2.75) is 18.8 Å². The molecule has 1 aliphatic heterocycles. The van der Waals surface area contributed by atoms with Crippen molar-refractivity contribution in [1.29, 1.82) is 0 Å². The number of likely N-dealkylation sites (tertiary alicyclic amines) is 1. The first-order chi connectivity index (χ1) is 12.2. The molecule has 25 heavy (non-hydrogen) atoms. The lowest BCUT2D eigenvalue weighted by atomic mass is 9.94. The first-order valence-electron chi connectivity index (χ1n) is 8.33. The molecule has 1 amide bonds. The highest BCUT2D eigenvalue weighted by Gasteiger charge is 2.27. The Labute approximate surface area is 146 Å². The van der Waals surface area contributed by atoms with Crippen LogP contribution in [0.2, 0.25) is 0 Å². The second-order valence-corrected chi connectivity index (χ2v) is 6.03. The van der Waals surface area contributed by atoms with Crippen LogP contribution in [-0.2, 0) is 4.79 Å². The third-order valence-electron chi connectivity index (χ3n) is 4.27. The van der Waals surface area contributed by atoms with Crippen molar-refractivity contribution in [1.82, 2.24) is 20.2 Å². The Morgan fingerprint density at radius 3 is 2.96 bits per heavy atom. The summed E-state index contributed by atoms with van der Waals surface area (Å²) in [4.78, 5) is 22.4. The maximum Gasteiger partial charge on any atom is 0.241 e. The Hall–Kier alpha value is -2.54. The highest BCUT2D eigenvalue weighted by molar-refractivity contribution is 5.77. The van der Waals surface area contributed by atoms with E-state index in [1.807, 2.05) is 0 Å². The molecule has 0 spiro atoms. The molecule has 3 rings (SSSR count). The lowest BCUT2D eigenvalue weighted by Gasteiger charge is -2.32. The largest absolute Gasteiger partial charge is 0.434 e. The lowest BCUT2D eigenvalue weighted by molar-refractivity contribution is -0.122. The van der Waals surface area contributed by atoms with E-state index in [0.29, 0.717) is 24.7 Å². The zero-order chi connectivity index (χ0) is 17.6. The number of carbonyl (C=O) groups excluding carboxylic acids is 1. The van der Waals surface area contributed by atoms with Crippen LogP contribution in [0.5, 0.6) is 11.6 Å². The van der Waals surface area contributed by atoms with Gasteiger partial charge in [-0.3, -0.25) is 14.7 Å². The van der Waals surface area contributed by atoms with Crippen LogP contribution in [0.1, 0.15) is 24.5 Å². The normalized spacial score (nSPS) is 17.9. The van der Waals surface area contributed by atoms with Gasteiger partial charge in [-0.15, -0.1) is 0 Å². The molecule has 1 aliphatic rings. The van der Waals surface area contributed by atoms with Crippen LogP contribution >= 0.6 is 0 Å². The minimum absolute atomic E-state index is 0.0115. The van der Waals surface area contributed by atoms with Crippen molar-refractivity contribution < 1.29 is 13.9 Å². The highest BCUT2D eigenvalue weighted by Crippen LogP contribution is 2.33. The van der Waals surface area contributed by atoms with Gasteiger partial charge >= 0.3 is 0 Å². The summed E-state index contributed by atoms with van der Waals surface area (Å²) in [6.45, 7) is 1.92. The number of hydrogen-bond acceptors (Lipinski definition) is 5. The van der Waals surface area contributed by atoms with Gasteiger partial charge < -0.3 is 10.1 Å². The predicted octanol–water partition coefficient (Wildman–Crippen LogP) is 2.33. The van der Waals surface area contributed by atoms with Gasteiger partial charge in [0.1, 0.15) is 5.69 Å². The number of para-hydroxylation sites is 1. The number of ether oxygens (including phenoxy) is 1. The van der Waals surface area contributed by atoms with E-state index in [0.717, 1.165) is 19.4 Å². The Bertz CT molecular complexity index is 741. The molecule has 132 valence electrons. The summed E-state index contributed by atoms with van der Waals surface area (Å²) in [6, 6.07) is 6.22. The highest BCUT2D eigenvalue weighted by atomic mass is 19.1. The number of aromatic nitrogens is 2. The maximum absolute atomic E-state index is 13.9. The summed E-state index contributed by atoms with van der Waals surface area (Å²) in [7, 11) is 1.63. The summed E-state index contributed by atoms with van der Waals surface area (Å²) in [5.41, 5.74) is 0.701. The van der Waals surface area contributed by atoms with Crippen LogP contribution in [0.25, 0.3) is 0 Å². The average Bonchev–Trinajstić information content (AvgIpc) is 2.64. The van der Waals surface area contributed by atoms with Crippen LogP contribution in [0.4, 0.5) is 4.39 Å². The van der Waals surface area contributed by atoms with Gasteiger partial charge in [-0.05, 0) is 31.5 Å². The number of rotatable bonds is 5. The van der Waals surface area contributed by atoms with Crippen molar-refractivity contribution in [2.75, 3.05) is 26.7 Å². The smallest absolute Gasteiger partial charge is 0.241 e. The minimum atomic E-state index is -0.441. The molecule has 1 aromatic carbocycles. The number of hydrogen-bond donors (Lipinski definition) is 1. The quantitative estimate of drug-likeness (QED) is 0.902. The number of amides is 1. The number of likely N-dealkylation sites (N-methyl/N-ethyl adjacent to an activating group) is 1. The third-order valence-corrected chi connectivity index (χ3v) is 4.27. The molecule has 1 aromatic heterocycles. The molecule has 0 aliphatic carbocycles. The first-order valence-corrected chi connectivity index (χ1v) is 8.33. The van der Waals surface area contributed by atoms with E-state index < -0.39 is 5.82 Å². The summed E-state index contributed by atoms with van der Waals surface area (Å²) >= 11 is 0. The SMILES string of the molecule is CNC(=O)CN1CCC[C@H](c2nccnc2Oc2ccccc2F)C1. The second-order valence-electron chi connectivity index (χ2n) is 6.03. The molecular formula is C18H21FN4O2. The van der Waals surface area contributed by atoms with Gasteiger partial charge in [0.25, 0.3) is 0 Å². The molecule has 1 N–H and O–H groups in total. The Morgan fingerprint density at radius 1 is 1.36 bits per heavy atom. The second kappa shape index (κ2) is 8.02. The monoisotopic (exact) mass is 344 g/mol. The minimum Gasteiger partial charge on any atom is -0.434 e. The maximum atomic E-state index is 13.9. The van der Waals surface area contributed by atoms with E-state index in [1.54, 1.807) is 31.4 Å².